The fraction of sp³-hybridized carbons (Fsp3) is 0.625. The van der Waals surface area contributed by atoms with Crippen LogP contribution in [0.25, 0.3) is 0 Å². The summed E-state index contributed by atoms with van der Waals surface area (Å²) in [5.74, 6) is 0.278. The summed E-state index contributed by atoms with van der Waals surface area (Å²) < 4.78 is 0. The largest absolute Gasteiger partial charge is 0.388 e. The lowest BCUT2D eigenvalue weighted by atomic mass is 10.1. The number of hydrogen-bond acceptors (Lipinski definition) is 1. The molecule has 3 N–H and O–H groups in total. The van der Waals surface area contributed by atoms with Crippen LogP contribution in [-0.4, -0.2) is 5.84 Å². The van der Waals surface area contributed by atoms with E-state index in [0.29, 0.717) is 6.42 Å². The van der Waals surface area contributed by atoms with Crippen LogP contribution in [0.4, 0.5) is 0 Å². The van der Waals surface area contributed by atoms with Crippen LogP contribution in [0.3, 0.4) is 0 Å². The van der Waals surface area contributed by atoms with E-state index >= 15 is 0 Å². The third kappa shape index (κ3) is 4.13. The van der Waals surface area contributed by atoms with E-state index in [1.165, 1.54) is 11.1 Å². The molecule has 0 spiro atoms. The van der Waals surface area contributed by atoms with E-state index in [9.17, 15) is 0 Å². The van der Waals surface area contributed by atoms with Crippen molar-refractivity contribution in [3.63, 3.8) is 0 Å². The van der Waals surface area contributed by atoms with Gasteiger partial charge in [-0.05, 0) is 27.2 Å². The van der Waals surface area contributed by atoms with E-state index in [-0.39, 0.29) is 5.84 Å². The second-order valence-electron chi connectivity index (χ2n) is 2.81. The smallest absolute Gasteiger partial charge is 0.0908 e. The molecule has 0 radical (unpaired) electrons. The van der Waals surface area contributed by atoms with Crippen molar-refractivity contribution < 1.29 is 0 Å². The van der Waals surface area contributed by atoms with Crippen LogP contribution >= 0.6 is 0 Å². The molecule has 2 heteroatoms. The fourth-order valence-corrected chi connectivity index (χ4v) is 0.572. The maximum Gasteiger partial charge on any atom is 0.0908 e. The number of hydrogen-bond donors (Lipinski definition) is 2. The highest BCUT2D eigenvalue weighted by molar-refractivity contribution is 5.77. The Morgan fingerprint density at radius 3 is 2.00 bits per heavy atom. The van der Waals surface area contributed by atoms with E-state index in [2.05, 4.69) is 20.8 Å². The number of nitrogens with one attached hydrogen (secondary N) is 1. The average Bonchev–Trinajstić information content (AvgIpc) is 1.82. The lowest BCUT2D eigenvalue weighted by Gasteiger charge is -2.01. The molecule has 0 aliphatic carbocycles. The Bertz CT molecular complexity index is 153. The topological polar surface area (TPSA) is 49.9 Å². The van der Waals surface area contributed by atoms with Gasteiger partial charge < -0.3 is 5.73 Å². The van der Waals surface area contributed by atoms with Crippen molar-refractivity contribution in [2.45, 2.75) is 33.6 Å². The Hall–Kier alpha value is -0.790. The molecule has 0 aromatic heterocycles. The summed E-state index contributed by atoms with van der Waals surface area (Å²) in [5, 5.41) is 6.98. The molecule has 0 aromatic rings. The Labute approximate surface area is 62.6 Å². The zero-order valence-electron chi connectivity index (χ0n) is 6.99. The molecular weight excluding hydrogens is 124 g/mol. The van der Waals surface area contributed by atoms with Crippen LogP contribution in [-0.2, 0) is 0 Å². The van der Waals surface area contributed by atoms with Crippen LogP contribution in [0, 0.1) is 5.41 Å². The zero-order valence-corrected chi connectivity index (χ0v) is 6.99. The van der Waals surface area contributed by atoms with Gasteiger partial charge in [0.2, 0.25) is 0 Å². The van der Waals surface area contributed by atoms with Crippen molar-refractivity contribution in [2.24, 2.45) is 5.73 Å². The third-order valence-corrected chi connectivity index (χ3v) is 1.62. The first-order valence-corrected chi connectivity index (χ1v) is 3.50. The van der Waals surface area contributed by atoms with Gasteiger partial charge in [0.25, 0.3) is 0 Å². The molecule has 0 unspecified atom stereocenters. The van der Waals surface area contributed by atoms with Gasteiger partial charge in [-0.1, -0.05) is 11.1 Å². The lowest BCUT2D eigenvalue weighted by molar-refractivity contribution is 0.968. The Morgan fingerprint density at radius 1 is 1.20 bits per heavy atom. The molecule has 0 amide bonds. The fourth-order valence-electron chi connectivity index (χ4n) is 0.572. The third-order valence-electron chi connectivity index (χ3n) is 1.62. The highest BCUT2D eigenvalue weighted by Gasteiger charge is 1.93. The summed E-state index contributed by atoms with van der Waals surface area (Å²) in [5.41, 5.74) is 7.88. The van der Waals surface area contributed by atoms with Crippen LogP contribution < -0.4 is 5.73 Å². The molecule has 0 heterocycles. The normalized spacial score (nSPS) is 9.10. The van der Waals surface area contributed by atoms with Gasteiger partial charge in [-0.3, -0.25) is 5.41 Å². The molecule has 0 aliphatic heterocycles. The molecular formula is C8H16N2. The van der Waals surface area contributed by atoms with Gasteiger partial charge in [0, 0.05) is 6.42 Å². The summed E-state index contributed by atoms with van der Waals surface area (Å²) in [6, 6.07) is 0. The van der Waals surface area contributed by atoms with Gasteiger partial charge >= 0.3 is 0 Å². The molecule has 0 saturated carbocycles. The summed E-state index contributed by atoms with van der Waals surface area (Å²) in [4.78, 5) is 0. The van der Waals surface area contributed by atoms with Crippen molar-refractivity contribution in [2.75, 3.05) is 0 Å². The van der Waals surface area contributed by atoms with Crippen molar-refractivity contribution in [3.8, 4) is 0 Å². The number of rotatable bonds is 3. The maximum atomic E-state index is 6.98. The van der Waals surface area contributed by atoms with Crippen LogP contribution in [0.1, 0.15) is 33.6 Å². The first kappa shape index (κ1) is 9.21. The van der Waals surface area contributed by atoms with Crippen LogP contribution in [0.2, 0.25) is 0 Å². The minimum atomic E-state index is 0.278. The first-order chi connectivity index (χ1) is 4.54. The van der Waals surface area contributed by atoms with Crippen LogP contribution in [0.15, 0.2) is 11.1 Å². The number of allylic oxidation sites excluding steroid dienone is 2. The highest BCUT2D eigenvalue weighted by atomic mass is 14.7. The first-order valence-electron chi connectivity index (χ1n) is 3.50. The standard InChI is InChI=1S/C8H16N2/c1-6(2)7(3)4-5-8(9)10/h4-5H2,1-3H3,(H3,9,10). The molecule has 0 rings (SSSR count). The van der Waals surface area contributed by atoms with Crippen LogP contribution in [0.5, 0.6) is 0 Å². The molecule has 58 valence electrons. The Morgan fingerprint density at radius 2 is 1.70 bits per heavy atom. The molecule has 10 heavy (non-hydrogen) atoms. The SMILES string of the molecule is CC(C)=C(C)CCC(=N)N. The van der Waals surface area contributed by atoms with E-state index < -0.39 is 0 Å². The van der Waals surface area contributed by atoms with Gasteiger partial charge in [0.05, 0.1) is 5.84 Å². The monoisotopic (exact) mass is 140 g/mol. The number of amidine groups is 1. The van der Waals surface area contributed by atoms with E-state index in [1.54, 1.807) is 0 Å². The molecule has 0 saturated heterocycles. The van der Waals surface area contributed by atoms with E-state index in [4.69, 9.17) is 11.1 Å². The van der Waals surface area contributed by atoms with Gasteiger partial charge in [0.15, 0.2) is 0 Å². The maximum absolute atomic E-state index is 6.98. The molecule has 0 aromatic carbocycles. The minimum Gasteiger partial charge on any atom is -0.388 e. The van der Waals surface area contributed by atoms with E-state index in [1.807, 2.05) is 0 Å². The summed E-state index contributed by atoms with van der Waals surface area (Å²) in [6.45, 7) is 6.24. The predicted octanol–water partition coefficient (Wildman–Crippen LogP) is 2.06. The van der Waals surface area contributed by atoms with Crippen molar-refractivity contribution in [1.29, 1.82) is 5.41 Å². The average molecular weight is 140 g/mol. The Balaban J connectivity index is 3.71. The van der Waals surface area contributed by atoms with Gasteiger partial charge in [0.1, 0.15) is 0 Å². The summed E-state index contributed by atoms with van der Waals surface area (Å²) >= 11 is 0. The Kier molecular flexibility index (Phi) is 3.77. The summed E-state index contributed by atoms with van der Waals surface area (Å²) in [6.07, 6.45) is 1.62. The lowest BCUT2D eigenvalue weighted by Crippen LogP contribution is -2.08. The van der Waals surface area contributed by atoms with E-state index in [0.717, 1.165) is 6.42 Å². The molecule has 0 fully saturated rings. The van der Waals surface area contributed by atoms with Crippen molar-refractivity contribution >= 4 is 5.84 Å². The minimum absolute atomic E-state index is 0.278. The summed E-state index contributed by atoms with van der Waals surface area (Å²) in [7, 11) is 0. The second-order valence-corrected chi connectivity index (χ2v) is 2.81. The highest BCUT2D eigenvalue weighted by Crippen LogP contribution is 2.08. The molecule has 2 nitrogen and oxygen atoms in total. The quantitative estimate of drug-likeness (QED) is 0.352. The van der Waals surface area contributed by atoms with Crippen molar-refractivity contribution in [1.82, 2.24) is 0 Å². The second kappa shape index (κ2) is 4.09. The van der Waals surface area contributed by atoms with Crippen molar-refractivity contribution in [3.05, 3.63) is 11.1 Å². The van der Waals surface area contributed by atoms with Gasteiger partial charge in [-0.25, -0.2) is 0 Å². The van der Waals surface area contributed by atoms with Gasteiger partial charge in [-0.2, -0.15) is 0 Å². The molecule has 0 atom stereocenters. The molecule has 0 bridgehead atoms. The van der Waals surface area contributed by atoms with Gasteiger partial charge in [-0.15, -0.1) is 0 Å². The predicted molar refractivity (Wildman–Crippen MR) is 45.2 cm³/mol. The number of nitrogens with two attached hydrogens (primary N) is 1. The molecule has 0 aliphatic rings. The zero-order chi connectivity index (χ0) is 8.15.